The SMILES string of the molecule is COc1cccc(NC(=O)CSc2nc(-c3ccc(Cl)cc3)nc3cc(=O)[nH]n23)c1. The Labute approximate surface area is 180 Å². The highest BCUT2D eigenvalue weighted by Gasteiger charge is 2.13. The van der Waals surface area contributed by atoms with Crippen molar-refractivity contribution in [3.63, 3.8) is 0 Å². The zero-order chi connectivity index (χ0) is 21.1. The third-order valence-electron chi connectivity index (χ3n) is 4.11. The first-order valence-corrected chi connectivity index (χ1v) is 10.2. The van der Waals surface area contributed by atoms with Crippen molar-refractivity contribution in [2.45, 2.75) is 5.16 Å². The molecule has 0 radical (unpaired) electrons. The van der Waals surface area contributed by atoms with E-state index in [2.05, 4.69) is 20.4 Å². The monoisotopic (exact) mass is 441 g/mol. The molecule has 2 aromatic carbocycles. The number of amides is 1. The Kier molecular flexibility index (Phi) is 5.73. The Bertz CT molecular complexity index is 1270. The number of methoxy groups -OCH3 is 1. The number of hydrogen-bond donors (Lipinski definition) is 2. The Balaban J connectivity index is 1.57. The Hall–Kier alpha value is -3.30. The molecule has 0 aliphatic carbocycles. The zero-order valence-corrected chi connectivity index (χ0v) is 17.3. The van der Waals surface area contributed by atoms with Crippen LogP contribution < -0.4 is 15.6 Å². The first-order valence-electron chi connectivity index (χ1n) is 8.84. The number of H-pyrrole nitrogens is 1. The number of aromatic nitrogens is 4. The average molecular weight is 442 g/mol. The molecule has 10 heteroatoms. The van der Waals surface area contributed by atoms with Gasteiger partial charge in [0.15, 0.2) is 16.6 Å². The number of nitrogens with one attached hydrogen (secondary N) is 2. The summed E-state index contributed by atoms with van der Waals surface area (Å²) < 4.78 is 6.62. The molecule has 4 rings (SSSR count). The van der Waals surface area contributed by atoms with Crippen molar-refractivity contribution in [3.8, 4) is 17.1 Å². The zero-order valence-electron chi connectivity index (χ0n) is 15.8. The van der Waals surface area contributed by atoms with Crippen LogP contribution in [0.1, 0.15) is 0 Å². The van der Waals surface area contributed by atoms with Crippen LogP contribution in [0.4, 0.5) is 5.69 Å². The normalized spacial score (nSPS) is 10.9. The number of carbonyl (C=O) groups excluding carboxylic acids is 1. The van der Waals surface area contributed by atoms with Crippen LogP contribution in [0.25, 0.3) is 17.0 Å². The van der Waals surface area contributed by atoms with Crippen LogP contribution in [0.3, 0.4) is 0 Å². The number of rotatable bonds is 6. The minimum Gasteiger partial charge on any atom is -0.497 e. The van der Waals surface area contributed by atoms with Crippen molar-refractivity contribution in [2.75, 3.05) is 18.2 Å². The number of thioether (sulfide) groups is 1. The number of halogens is 1. The Morgan fingerprint density at radius 2 is 2.00 bits per heavy atom. The highest BCUT2D eigenvalue weighted by atomic mass is 35.5. The molecule has 30 heavy (non-hydrogen) atoms. The second-order valence-electron chi connectivity index (χ2n) is 6.22. The maximum atomic E-state index is 12.4. The van der Waals surface area contributed by atoms with Gasteiger partial charge < -0.3 is 10.1 Å². The fraction of sp³-hybridized carbons (Fsp3) is 0.100. The number of aromatic amines is 1. The second-order valence-corrected chi connectivity index (χ2v) is 7.60. The molecule has 0 spiro atoms. The summed E-state index contributed by atoms with van der Waals surface area (Å²) in [5, 5.41) is 6.50. The van der Waals surface area contributed by atoms with Gasteiger partial charge in [0.1, 0.15) is 5.75 Å². The molecule has 0 fully saturated rings. The van der Waals surface area contributed by atoms with E-state index in [4.69, 9.17) is 16.3 Å². The summed E-state index contributed by atoms with van der Waals surface area (Å²) in [6.45, 7) is 0. The topological polar surface area (TPSA) is 101 Å². The molecule has 2 aromatic heterocycles. The van der Waals surface area contributed by atoms with Crippen molar-refractivity contribution in [3.05, 3.63) is 70.0 Å². The third kappa shape index (κ3) is 4.47. The molecule has 152 valence electrons. The number of nitrogens with zero attached hydrogens (tertiary/aromatic N) is 3. The predicted octanol–water partition coefficient (Wildman–Crippen LogP) is 3.48. The lowest BCUT2D eigenvalue weighted by Crippen LogP contribution is -2.15. The molecule has 0 bridgehead atoms. The quantitative estimate of drug-likeness (QED) is 0.444. The van der Waals surface area contributed by atoms with E-state index >= 15 is 0 Å². The standard InChI is InChI=1S/C20H16ClN5O3S/c1-29-15-4-2-3-14(9-15)22-18(28)11-30-20-24-19(12-5-7-13(21)8-6-12)23-16-10-17(27)25-26(16)20/h2-10H,11H2,1H3,(H,22,28)(H,25,27). The van der Waals surface area contributed by atoms with Crippen LogP contribution in [-0.4, -0.2) is 38.4 Å². The fourth-order valence-corrected chi connectivity index (χ4v) is 3.61. The van der Waals surface area contributed by atoms with E-state index in [0.717, 1.165) is 5.56 Å². The molecular formula is C20H16ClN5O3S. The number of carbonyl (C=O) groups is 1. The van der Waals surface area contributed by atoms with Crippen LogP contribution in [0.2, 0.25) is 5.02 Å². The minimum atomic E-state index is -0.305. The molecule has 0 atom stereocenters. The van der Waals surface area contributed by atoms with Gasteiger partial charge in [-0.2, -0.15) is 0 Å². The molecule has 2 N–H and O–H groups in total. The maximum Gasteiger partial charge on any atom is 0.266 e. The summed E-state index contributed by atoms with van der Waals surface area (Å²) >= 11 is 7.14. The minimum absolute atomic E-state index is 0.0869. The van der Waals surface area contributed by atoms with E-state index in [9.17, 15) is 9.59 Å². The highest BCUT2D eigenvalue weighted by Crippen LogP contribution is 2.23. The van der Waals surface area contributed by atoms with Gasteiger partial charge in [0.05, 0.1) is 12.9 Å². The summed E-state index contributed by atoms with van der Waals surface area (Å²) in [5.74, 6) is 0.947. The van der Waals surface area contributed by atoms with Crippen LogP contribution >= 0.6 is 23.4 Å². The van der Waals surface area contributed by atoms with Gasteiger partial charge in [-0.05, 0) is 36.4 Å². The van der Waals surface area contributed by atoms with Crippen LogP contribution in [0, 0.1) is 0 Å². The molecule has 0 saturated carbocycles. The van der Waals surface area contributed by atoms with Crippen molar-refractivity contribution >= 4 is 40.6 Å². The molecule has 0 aliphatic rings. The lowest BCUT2D eigenvalue weighted by Gasteiger charge is -2.09. The van der Waals surface area contributed by atoms with Gasteiger partial charge in [0, 0.05) is 28.4 Å². The number of benzene rings is 2. The van der Waals surface area contributed by atoms with Gasteiger partial charge in [0.25, 0.3) is 5.56 Å². The largest absolute Gasteiger partial charge is 0.497 e. The molecule has 4 aromatic rings. The van der Waals surface area contributed by atoms with Gasteiger partial charge in [-0.3, -0.25) is 14.7 Å². The predicted molar refractivity (Wildman–Crippen MR) is 116 cm³/mol. The van der Waals surface area contributed by atoms with Crippen molar-refractivity contribution in [2.24, 2.45) is 0 Å². The number of ether oxygens (including phenoxy) is 1. The summed E-state index contributed by atoms with van der Waals surface area (Å²) in [6, 6.07) is 15.5. The molecule has 0 saturated heterocycles. The molecule has 0 aliphatic heterocycles. The second kappa shape index (κ2) is 8.60. The first-order chi connectivity index (χ1) is 14.5. The maximum absolute atomic E-state index is 12.4. The van der Waals surface area contributed by atoms with Crippen LogP contribution in [0.15, 0.2) is 64.5 Å². The molecule has 0 unspecified atom stereocenters. The van der Waals surface area contributed by atoms with E-state index in [1.165, 1.54) is 22.3 Å². The Morgan fingerprint density at radius 3 is 2.77 bits per heavy atom. The van der Waals surface area contributed by atoms with Gasteiger partial charge in [-0.25, -0.2) is 14.5 Å². The van der Waals surface area contributed by atoms with Gasteiger partial charge in [0.2, 0.25) is 5.91 Å². The fourth-order valence-electron chi connectivity index (χ4n) is 2.74. The highest BCUT2D eigenvalue weighted by molar-refractivity contribution is 7.99. The first kappa shape index (κ1) is 20.0. The smallest absolute Gasteiger partial charge is 0.266 e. The molecule has 8 nitrogen and oxygen atoms in total. The summed E-state index contributed by atoms with van der Waals surface area (Å²) in [7, 11) is 1.56. The number of hydrogen-bond acceptors (Lipinski definition) is 6. The summed E-state index contributed by atoms with van der Waals surface area (Å²) in [6.07, 6.45) is 0. The molecule has 1 amide bonds. The van der Waals surface area contributed by atoms with E-state index in [1.54, 1.807) is 55.6 Å². The van der Waals surface area contributed by atoms with Crippen molar-refractivity contribution < 1.29 is 9.53 Å². The lowest BCUT2D eigenvalue weighted by atomic mass is 10.2. The average Bonchev–Trinajstić information content (AvgIpc) is 3.13. The summed E-state index contributed by atoms with van der Waals surface area (Å²) in [4.78, 5) is 33.2. The van der Waals surface area contributed by atoms with Gasteiger partial charge in [-0.15, -0.1) is 0 Å². The van der Waals surface area contributed by atoms with Crippen molar-refractivity contribution in [1.29, 1.82) is 0 Å². The van der Waals surface area contributed by atoms with Crippen molar-refractivity contribution in [1.82, 2.24) is 19.6 Å². The van der Waals surface area contributed by atoms with E-state index < -0.39 is 0 Å². The van der Waals surface area contributed by atoms with Crippen LogP contribution in [0.5, 0.6) is 5.75 Å². The van der Waals surface area contributed by atoms with Crippen LogP contribution in [-0.2, 0) is 4.79 Å². The van der Waals surface area contributed by atoms with E-state index in [1.807, 2.05) is 0 Å². The Morgan fingerprint density at radius 1 is 1.20 bits per heavy atom. The van der Waals surface area contributed by atoms with E-state index in [0.29, 0.717) is 33.1 Å². The number of anilines is 1. The van der Waals surface area contributed by atoms with Gasteiger partial charge >= 0.3 is 0 Å². The lowest BCUT2D eigenvalue weighted by molar-refractivity contribution is -0.113. The number of fused-ring (bicyclic) bond motifs is 1. The van der Waals surface area contributed by atoms with Gasteiger partial charge in [-0.1, -0.05) is 29.4 Å². The molecule has 2 heterocycles. The molecular weight excluding hydrogens is 426 g/mol. The third-order valence-corrected chi connectivity index (χ3v) is 5.30. The van der Waals surface area contributed by atoms with E-state index in [-0.39, 0.29) is 17.2 Å². The summed E-state index contributed by atoms with van der Waals surface area (Å²) in [5.41, 5.74) is 1.48.